The monoisotopic (exact) mass is 561 g/mol. The van der Waals surface area contributed by atoms with Crippen molar-refractivity contribution in [3.63, 3.8) is 0 Å². The van der Waals surface area contributed by atoms with Crippen molar-refractivity contribution in [3.8, 4) is 6.07 Å². The number of alkyl halides is 3. The average molecular weight is 562 g/mol. The Morgan fingerprint density at radius 3 is 2.15 bits per heavy atom. The van der Waals surface area contributed by atoms with Crippen LogP contribution in [-0.4, -0.2) is 77.3 Å². The summed E-state index contributed by atoms with van der Waals surface area (Å²) in [7, 11) is 0. The fourth-order valence-corrected chi connectivity index (χ4v) is 3.43. The van der Waals surface area contributed by atoms with Gasteiger partial charge in [-0.1, -0.05) is 34.6 Å². The third-order valence-corrected chi connectivity index (χ3v) is 5.51. The zero-order valence-corrected chi connectivity index (χ0v) is 23.6. The topological polar surface area (TPSA) is 163 Å². The molecule has 2 rings (SSSR count). The predicted octanol–water partition coefficient (Wildman–Crippen LogP) is 2.12. The lowest BCUT2D eigenvalue weighted by Crippen LogP contribution is -2.59. The van der Waals surface area contributed by atoms with Crippen LogP contribution < -0.4 is 21.5 Å². The van der Waals surface area contributed by atoms with E-state index in [-0.39, 0.29) is 18.6 Å². The van der Waals surface area contributed by atoms with Crippen LogP contribution in [0.15, 0.2) is 11.0 Å². The van der Waals surface area contributed by atoms with Gasteiger partial charge in [-0.2, -0.15) is 18.4 Å². The van der Waals surface area contributed by atoms with Gasteiger partial charge in [0.1, 0.15) is 18.6 Å². The number of hydrogen-bond acceptors (Lipinski definition) is 6. The van der Waals surface area contributed by atoms with Crippen molar-refractivity contribution < 1.29 is 27.6 Å². The zero-order chi connectivity index (χ0) is 30.2. The van der Waals surface area contributed by atoms with Crippen molar-refractivity contribution in [1.29, 1.82) is 5.26 Å². The van der Waals surface area contributed by atoms with E-state index in [0.717, 1.165) is 5.56 Å². The molecule has 0 aliphatic carbocycles. The Balaban J connectivity index is 0.000000833. The number of hydrogen-bond donors (Lipinski definition) is 5. The number of nitrogens with zero attached hydrogens (tertiary/aromatic N) is 2. The number of H-pyrrole nitrogens is 2. The summed E-state index contributed by atoms with van der Waals surface area (Å²) in [5.41, 5.74) is -0.311. The standard InChI is InChI=1S/C15H21F3N4O3.C6H15N.C4H6N2O/c1-14(2,3)10(21-13(25)15(16,17)18)12(24)22-8-4-5-9(22)11(23)20-7-6-19;1-3-5-7-6-4-2;1-3-2-5-6-4(3)7/h9-10H,4-5,7-8H2,1-3H3,(H,20,23)(H,21,25);7H,3-6H2,1-2H3;2H,1H3,(H2,5,6,7)/t9-,10+;;/m0../s1. The van der Waals surface area contributed by atoms with Crippen LogP contribution in [0.4, 0.5) is 13.2 Å². The van der Waals surface area contributed by atoms with E-state index in [0.29, 0.717) is 12.8 Å². The average Bonchev–Trinajstić information content (AvgIpc) is 3.49. The van der Waals surface area contributed by atoms with Crippen molar-refractivity contribution >= 4 is 17.7 Å². The molecular formula is C25H42F3N7O4. The van der Waals surface area contributed by atoms with Crippen LogP contribution in [0.5, 0.6) is 0 Å². The molecule has 0 saturated carbocycles. The molecule has 2 heterocycles. The molecule has 1 aliphatic rings. The molecule has 222 valence electrons. The number of aromatic amines is 2. The number of nitrogens with one attached hydrogen (secondary N) is 5. The zero-order valence-electron chi connectivity index (χ0n) is 23.6. The van der Waals surface area contributed by atoms with Crippen LogP contribution >= 0.6 is 0 Å². The first-order chi connectivity index (χ1) is 18.1. The molecule has 0 aromatic carbocycles. The van der Waals surface area contributed by atoms with Crippen molar-refractivity contribution in [3.05, 3.63) is 22.1 Å². The summed E-state index contributed by atoms with van der Waals surface area (Å²) in [6.45, 7) is 13.0. The van der Waals surface area contributed by atoms with Gasteiger partial charge in [0.05, 0.1) is 6.07 Å². The van der Waals surface area contributed by atoms with Gasteiger partial charge in [-0.05, 0) is 51.1 Å². The second-order valence-electron chi connectivity index (χ2n) is 10.0. The molecule has 5 N–H and O–H groups in total. The summed E-state index contributed by atoms with van der Waals surface area (Å²) in [5.74, 6) is -3.49. The Morgan fingerprint density at radius 1 is 1.18 bits per heavy atom. The quantitative estimate of drug-likeness (QED) is 0.241. The summed E-state index contributed by atoms with van der Waals surface area (Å²) >= 11 is 0. The van der Waals surface area contributed by atoms with Gasteiger partial charge >= 0.3 is 12.1 Å². The molecule has 14 heteroatoms. The summed E-state index contributed by atoms with van der Waals surface area (Å²) < 4.78 is 37.7. The lowest BCUT2D eigenvalue weighted by Gasteiger charge is -2.35. The predicted molar refractivity (Wildman–Crippen MR) is 140 cm³/mol. The van der Waals surface area contributed by atoms with E-state index in [9.17, 15) is 32.3 Å². The third-order valence-electron chi connectivity index (χ3n) is 5.51. The first-order valence-corrected chi connectivity index (χ1v) is 12.9. The normalized spacial score (nSPS) is 15.6. The van der Waals surface area contributed by atoms with Crippen LogP contribution in [0, 0.1) is 23.7 Å². The van der Waals surface area contributed by atoms with E-state index in [2.05, 4.69) is 34.7 Å². The first-order valence-electron chi connectivity index (χ1n) is 12.9. The van der Waals surface area contributed by atoms with Gasteiger partial charge in [0, 0.05) is 18.3 Å². The molecule has 3 amide bonds. The van der Waals surface area contributed by atoms with E-state index >= 15 is 0 Å². The van der Waals surface area contributed by atoms with Crippen LogP contribution in [0.25, 0.3) is 0 Å². The Labute approximate surface area is 227 Å². The van der Waals surface area contributed by atoms with Crippen molar-refractivity contribution in [2.75, 3.05) is 26.2 Å². The largest absolute Gasteiger partial charge is 0.471 e. The maximum absolute atomic E-state index is 12.7. The van der Waals surface area contributed by atoms with Gasteiger partial charge in [-0.3, -0.25) is 24.3 Å². The van der Waals surface area contributed by atoms with E-state index < -0.39 is 41.4 Å². The minimum absolute atomic E-state index is 0.0417. The Kier molecular flexibility index (Phi) is 15.8. The molecule has 39 heavy (non-hydrogen) atoms. The van der Waals surface area contributed by atoms with E-state index in [4.69, 9.17) is 5.26 Å². The number of amides is 3. The Morgan fingerprint density at radius 2 is 1.77 bits per heavy atom. The minimum atomic E-state index is -5.11. The fraction of sp³-hybridized carbons (Fsp3) is 0.720. The highest BCUT2D eigenvalue weighted by Crippen LogP contribution is 2.27. The number of rotatable bonds is 8. The molecule has 1 aromatic rings. The van der Waals surface area contributed by atoms with Crippen LogP contribution in [-0.2, 0) is 14.4 Å². The molecule has 1 aliphatic heterocycles. The molecule has 0 unspecified atom stereocenters. The van der Waals surface area contributed by atoms with Gasteiger partial charge in [0.15, 0.2) is 0 Å². The van der Waals surface area contributed by atoms with Crippen LogP contribution in [0.2, 0.25) is 0 Å². The molecule has 1 aromatic heterocycles. The Hall–Kier alpha value is -3.34. The van der Waals surface area contributed by atoms with E-state index in [1.54, 1.807) is 24.5 Å². The van der Waals surface area contributed by atoms with Crippen LogP contribution in [0.1, 0.15) is 65.9 Å². The highest BCUT2D eigenvalue weighted by Gasteiger charge is 2.46. The number of nitriles is 1. The third kappa shape index (κ3) is 13.3. The molecule has 0 radical (unpaired) electrons. The maximum atomic E-state index is 12.7. The van der Waals surface area contributed by atoms with Crippen molar-refractivity contribution in [2.45, 2.75) is 85.5 Å². The lowest BCUT2D eigenvalue weighted by molar-refractivity contribution is -0.176. The maximum Gasteiger partial charge on any atom is 0.471 e. The summed E-state index contributed by atoms with van der Waals surface area (Å²) in [5, 5.41) is 20.8. The van der Waals surface area contributed by atoms with Crippen LogP contribution in [0.3, 0.4) is 0 Å². The van der Waals surface area contributed by atoms with Gasteiger partial charge in [-0.25, -0.2) is 0 Å². The number of halogens is 3. The molecule has 1 saturated heterocycles. The Bertz CT molecular complexity index is 989. The highest BCUT2D eigenvalue weighted by molar-refractivity contribution is 5.94. The van der Waals surface area contributed by atoms with Gasteiger partial charge < -0.3 is 25.9 Å². The lowest BCUT2D eigenvalue weighted by atomic mass is 9.85. The number of likely N-dealkylation sites (tertiary alicyclic amines) is 1. The first kappa shape index (κ1) is 35.7. The van der Waals surface area contributed by atoms with Gasteiger partial charge in [0.25, 0.3) is 5.56 Å². The summed E-state index contributed by atoms with van der Waals surface area (Å²) in [6.07, 6.45) is -0.145. The molecular weight excluding hydrogens is 519 g/mol. The molecule has 0 bridgehead atoms. The van der Waals surface area contributed by atoms with E-state index in [1.165, 1.54) is 51.6 Å². The highest BCUT2D eigenvalue weighted by atomic mass is 19.4. The van der Waals surface area contributed by atoms with Gasteiger partial charge in [0.2, 0.25) is 11.8 Å². The molecule has 2 atom stereocenters. The fourth-order valence-electron chi connectivity index (χ4n) is 3.43. The number of aromatic nitrogens is 2. The molecule has 0 spiro atoms. The number of carbonyl (C=O) groups is 3. The summed E-state index contributed by atoms with van der Waals surface area (Å²) in [4.78, 5) is 47.6. The second-order valence-corrected chi connectivity index (χ2v) is 10.0. The second kappa shape index (κ2) is 17.3. The SMILES string of the molecule is CC(C)(C)[C@H](NC(=O)C(F)(F)F)C(=O)N1CCC[C@H]1C(=O)NCC#N.CCCNCCC.Cc1c[nH][nH]c1=O. The van der Waals surface area contributed by atoms with E-state index in [1.807, 2.05) is 0 Å². The molecule has 11 nitrogen and oxygen atoms in total. The van der Waals surface area contributed by atoms with Gasteiger partial charge in [-0.15, -0.1) is 0 Å². The minimum Gasteiger partial charge on any atom is -0.341 e. The number of carbonyl (C=O) groups excluding carboxylic acids is 3. The summed E-state index contributed by atoms with van der Waals surface area (Å²) in [6, 6.07) is -0.568. The van der Waals surface area contributed by atoms with Crippen molar-refractivity contribution in [2.24, 2.45) is 5.41 Å². The smallest absolute Gasteiger partial charge is 0.341 e. The molecule has 1 fully saturated rings. The number of aryl methyl sites for hydroxylation is 1. The van der Waals surface area contributed by atoms with Crippen molar-refractivity contribution in [1.82, 2.24) is 31.0 Å².